The van der Waals surface area contributed by atoms with Crippen molar-refractivity contribution >= 4 is 45.8 Å². The van der Waals surface area contributed by atoms with E-state index >= 15 is 0 Å². The molecule has 0 radical (unpaired) electrons. The molecule has 140 valence electrons. The van der Waals surface area contributed by atoms with Crippen molar-refractivity contribution in [2.75, 3.05) is 0 Å². The minimum absolute atomic E-state index is 0.172. The van der Waals surface area contributed by atoms with Crippen molar-refractivity contribution in [3.05, 3.63) is 87.8 Å². The molecule has 1 heterocycles. The van der Waals surface area contributed by atoms with Gasteiger partial charge in [0.25, 0.3) is 0 Å². The van der Waals surface area contributed by atoms with Crippen molar-refractivity contribution < 1.29 is 4.74 Å². The van der Waals surface area contributed by atoms with E-state index in [1.807, 2.05) is 32.3 Å². The van der Waals surface area contributed by atoms with Gasteiger partial charge in [0.1, 0.15) is 12.1 Å². The molecule has 0 fully saturated rings. The summed E-state index contributed by atoms with van der Waals surface area (Å²) in [7, 11) is 0. The summed E-state index contributed by atoms with van der Waals surface area (Å²) in [4.78, 5) is 4.59. The zero-order valence-corrected chi connectivity index (χ0v) is 18.0. The van der Waals surface area contributed by atoms with Crippen LogP contribution in [0.25, 0.3) is 28.9 Å². The Morgan fingerprint density at radius 3 is 2.29 bits per heavy atom. The lowest BCUT2D eigenvalue weighted by molar-refractivity contribution is 0.242. The van der Waals surface area contributed by atoms with Crippen molar-refractivity contribution in [2.45, 2.75) is 20.0 Å². The fraction of sp³-hybridized carbons (Fsp3) is 0.125. The van der Waals surface area contributed by atoms with Gasteiger partial charge in [0.15, 0.2) is 0 Å². The van der Waals surface area contributed by atoms with E-state index in [9.17, 15) is 0 Å². The molecule has 0 amide bonds. The maximum atomic E-state index is 5.73. The van der Waals surface area contributed by atoms with Crippen LogP contribution in [0, 0.1) is 3.57 Å². The summed E-state index contributed by atoms with van der Waals surface area (Å²) in [6.45, 7) is 4.06. The molecule has 4 rings (SSSR count). The summed E-state index contributed by atoms with van der Waals surface area (Å²) in [6.07, 6.45) is 6.29. The first kappa shape index (κ1) is 18.7. The van der Waals surface area contributed by atoms with E-state index in [1.54, 1.807) is 0 Å². The second kappa shape index (κ2) is 8.19. The lowest BCUT2D eigenvalue weighted by Gasteiger charge is -2.10. The average Bonchev–Trinajstić information content (AvgIpc) is 3.11. The van der Waals surface area contributed by atoms with Crippen LogP contribution < -0.4 is 4.74 Å². The topological polar surface area (TPSA) is 27.1 Å². The molecule has 0 N–H and O–H groups in total. The van der Waals surface area contributed by atoms with Crippen LogP contribution in [0.1, 0.15) is 25.0 Å². The molecule has 0 aliphatic rings. The first-order valence-corrected chi connectivity index (χ1v) is 10.3. The Hall–Kier alpha value is -2.60. The molecule has 0 bridgehead atoms. The van der Waals surface area contributed by atoms with Crippen LogP contribution >= 0.6 is 22.6 Å². The highest BCUT2D eigenvalue weighted by Crippen LogP contribution is 2.23. The highest BCUT2D eigenvalue weighted by molar-refractivity contribution is 14.1. The molecule has 3 aromatic carbocycles. The summed E-state index contributed by atoms with van der Waals surface area (Å²) in [5.74, 6) is 0.881. The molecule has 0 unspecified atom stereocenters. The maximum Gasteiger partial charge on any atom is 0.119 e. The molecule has 0 spiro atoms. The third-order valence-corrected chi connectivity index (χ3v) is 5.12. The first-order valence-electron chi connectivity index (χ1n) is 9.26. The van der Waals surface area contributed by atoms with Crippen LogP contribution in [-0.2, 0) is 0 Å². The normalized spacial score (nSPS) is 11.6. The van der Waals surface area contributed by atoms with Gasteiger partial charge in [-0.05, 0) is 96.1 Å². The standard InChI is InChI=1S/C24H21IN2O/c1-17(2)28-22-12-10-21(11-13-22)27-16-26-23-15-19(7-14-24(23)27)4-3-18-5-8-20(25)9-6-18/h3-17H,1-2H3. The molecule has 4 heteroatoms. The van der Waals surface area contributed by atoms with Crippen LogP contribution in [-0.4, -0.2) is 15.7 Å². The Labute approximate surface area is 178 Å². The van der Waals surface area contributed by atoms with Gasteiger partial charge in [-0.25, -0.2) is 4.98 Å². The summed E-state index contributed by atoms with van der Waals surface area (Å²) in [5.41, 5.74) is 5.46. The van der Waals surface area contributed by atoms with Crippen LogP contribution in [0.5, 0.6) is 5.75 Å². The van der Waals surface area contributed by atoms with E-state index in [1.165, 1.54) is 9.13 Å². The monoisotopic (exact) mass is 480 g/mol. The van der Waals surface area contributed by atoms with Crippen LogP contribution in [0.3, 0.4) is 0 Å². The Morgan fingerprint density at radius 1 is 0.893 bits per heavy atom. The molecule has 0 saturated heterocycles. The van der Waals surface area contributed by atoms with Gasteiger partial charge >= 0.3 is 0 Å². The average molecular weight is 480 g/mol. The second-order valence-electron chi connectivity index (χ2n) is 6.91. The third-order valence-electron chi connectivity index (χ3n) is 4.40. The number of halogens is 1. The zero-order valence-electron chi connectivity index (χ0n) is 15.8. The van der Waals surface area contributed by atoms with Gasteiger partial charge in [-0.15, -0.1) is 0 Å². The van der Waals surface area contributed by atoms with Crippen molar-refractivity contribution in [3.63, 3.8) is 0 Å². The van der Waals surface area contributed by atoms with Gasteiger partial charge in [0.05, 0.1) is 17.1 Å². The number of hydrogen-bond acceptors (Lipinski definition) is 2. The zero-order chi connectivity index (χ0) is 19.5. The Balaban J connectivity index is 1.58. The predicted octanol–water partition coefficient (Wildman–Crippen LogP) is 6.59. The molecular formula is C24H21IN2O. The van der Waals surface area contributed by atoms with Crippen LogP contribution in [0.2, 0.25) is 0 Å². The Morgan fingerprint density at radius 2 is 1.57 bits per heavy atom. The minimum Gasteiger partial charge on any atom is -0.491 e. The number of aromatic nitrogens is 2. The van der Waals surface area contributed by atoms with Crippen molar-refractivity contribution in [1.29, 1.82) is 0 Å². The Bertz CT molecular complexity index is 1110. The highest BCUT2D eigenvalue weighted by Gasteiger charge is 2.06. The van der Waals surface area contributed by atoms with Crippen molar-refractivity contribution in [1.82, 2.24) is 9.55 Å². The van der Waals surface area contributed by atoms with Crippen molar-refractivity contribution in [3.8, 4) is 11.4 Å². The maximum absolute atomic E-state index is 5.73. The van der Waals surface area contributed by atoms with Crippen LogP contribution in [0.15, 0.2) is 73.1 Å². The Kier molecular flexibility index (Phi) is 5.48. The summed E-state index contributed by atoms with van der Waals surface area (Å²) in [6, 6.07) is 23.0. The molecular weight excluding hydrogens is 459 g/mol. The van der Waals surface area contributed by atoms with Gasteiger partial charge in [-0.3, -0.25) is 4.57 Å². The number of rotatable bonds is 5. The van der Waals surface area contributed by atoms with Gasteiger partial charge in [0, 0.05) is 9.26 Å². The second-order valence-corrected chi connectivity index (χ2v) is 8.15. The summed E-state index contributed by atoms with van der Waals surface area (Å²) < 4.78 is 9.07. The molecule has 1 aromatic heterocycles. The molecule has 28 heavy (non-hydrogen) atoms. The lowest BCUT2D eigenvalue weighted by atomic mass is 10.1. The number of hydrogen-bond donors (Lipinski definition) is 0. The third kappa shape index (κ3) is 4.28. The fourth-order valence-corrected chi connectivity index (χ4v) is 3.42. The van der Waals surface area contributed by atoms with Crippen LogP contribution in [0.4, 0.5) is 0 Å². The lowest BCUT2D eigenvalue weighted by Crippen LogP contribution is -2.05. The van der Waals surface area contributed by atoms with E-state index in [4.69, 9.17) is 4.74 Å². The SMILES string of the molecule is CC(C)Oc1ccc(-n2cnc3cc(C=Cc4ccc(I)cc4)ccc32)cc1. The molecule has 0 atom stereocenters. The number of nitrogens with zero attached hydrogens (tertiary/aromatic N) is 2. The fourth-order valence-electron chi connectivity index (χ4n) is 3.06. The van der Waals surface area contributed by atoms with E-state index in [-0.39, 0.29) is 6.10 Å². The van der Waals surface area contributed by atoms with E-state index in [2.05, 4.69) is 98.9 Å². The van der Waals surface area contributed by atoms with Gasteiger partial charge in [0.2, 0.25) is 0 Å². The number of fused-ring (bicyclic) bond motifs is 1. The number of benzene rings is 3. The molecule has 4 aromatic rings. The van der Waals surface area contributed by atoms with E-state index in [0.29, 0.717) is 0 Å². The summed E-state index contributed by atoms with van der Waals surface area (Å²) >= 11 is 2.32. The smallest absolute Gasteiger partial charge is 0.119 e. The molecule has 0 saturated carbocycles. The molecule has 0 aliphatic heterocycles. The highest BCUT2D eigenvalue weighted by atomic mass is 127. The minimum atomic E-state index is 0.172. The molecule has 0 aliphatic carbocycles. The first-order chi connectivity index (χ1) is 13.6. The number of ether oxygens (including phenoxy) is 1. The quantitative estimate of drug-likeness (QED) is 0.238. The largest absolute Gasteiger partial charge is 0.491 e. The van der Waals surface area contributed by atoms with Gasteiger partial charge in [-0.1, -0.05) is 30.4 Å². The molecule has 3 nitrogen and oxygen atoms in total. The van der Waals surface area contributed by atoms with Crippen molar-refractivity contribution in [2.24, 2.45) is 0 Å². The van der Waals surface area contributed by atoms with E-state index in [0.717, 1.165) is 28.0 Å². The number of imidazole rings is 1. The summed E-state index contributed by atoms with van der Waals surface area (Å²) in [5, 5.41) is 0. The van der Waals surface area contributed by atoms with Gasteiger partial charge in [-0.2, -0.15) is 0 Å². The van der Waals surface area contributed by atoms with Gasteiger partial charge < -0.3 is 4.74 Å². The predicted molar refractivity (Wildman–Crippen MR) is 125 cm³/mol. The van der Waals surface area contributed by atoms with E-state index < -0.39 is 0 Å².